The van der Waals surface area contributed by atoms with Crippen LogP contribution in [0, 0.1) is 11.8 Å². The van der Waals surface area contributed by atoms with Crippen molar-refractivity contribution < 1.29 is 4.74 Å². The molecular weight excluding hydrogens is 222 g/mol. The van der Waals surface area contributed by atoms with Gasteiger partial charge in [-0.3, -0.25) is 0 Å². The zero-order valence-electron chi connectivity index (χ0n) is 9.99. The summed E-state index contributed by atoms with van der Waals surface area (Å²) in [5, 5.41) is 3.56. The van der Waals surface area contributed by atoms with Crippen LogP contribution in [0.3, 0.4) is 0 Å². The Morgan fingerprint density at radius 1 is 0.833 bits per heavy atom. The van der Waals surface area contributed by atoms with E-state index < -0.39 is 0 Å². The van der Waals surface area contributed by atoms with Gasteiger partial charge in [-0.1, -0.05) is 42.5 Å². The summed E-state index contributed by atoms with van der Waals surface area (Å²) in [7, 11) is 0. The molecule has 1 heterocycles. The van der Waals surface area contributed by atoms with E-state index in [2.05, 4.69) is 60.0 Å². The fourth-order valence-corrected chi connectivity index (χ4v) is 2.89. The molecular formula is C16H15NO. The lowest BCUT2D eigenvalue weighted by atomic mass is 9.83. The molecule has 0 spiro atoms. The van der Waals surface area contributed by atoms with E-state index in [4.69, 9.17) is 4.74 Å². The van der Waals surface area contributed by atoms with E-state index in [-0.39, 0.29) is 12.1 Å². The van der Waals surface area contributed by atoms with Gasteiger partial charge in [0, 0.05) is 11.8 Å². The molecule has 1 aliphatic heterocycles. The maximum Gasteiger partial charge on any atom is 0.141 e. The lowest BCUT2D eigenvalue weighted by Crippen LogP contribution is -2.45. The maximum atomic E-state index is 6.08. The lowest BCUT2D eigenvalue weighted by Gasteiger charge is -2.38. The molecule has 1 fully saturated rings. The van der Waals surface area contributed by atoms with Crippen LogP contribution in [0.25, 0.3) is 0 Å². The van der Waals surface area contributed by atoms with Gasteiger partial charge in [0.1, 0.15) is 11.9 Å². The van der Waals surface area contributed by atoms with Crippen molar-refractivity contribution in [3.63, 3.8) is 0 Å². The summed E-state index contributed by atoms with van der Waals surface area (Å²) in [6.45, 7) is 0. The Hall–Kier alpha value is -1.96. The van der Waals surface area contributed by atoms with Gasteiger partial charge >= 0.3 is 0 Å². The van der Waals surface area contributed by atoms with E-state index >= 15 is 0 Å². The highest BCUT2D eigenvalue weighted by atomic mass is 16.5. The molecule has 0 aromatic heterocycles. The zero-order valence-corrected chi connectivity index (χ0v) is 9.99. The average Bonchev–Trinajstić information content (AvgIpc) is 2.42. The topological polar surface area (TPSA) is 21.3 Å². The van der Waals surface area contributed by atoms with E-state index in [0.29, 0.717) is 11.8 Å². The van der Waals surface area contributed by atoms with Crippen molar-refractivity contribution >= 4 is 0 Å². The molecule has 0 radical (unpaired) electrons. The van der Waals surface area contributed by atoms with Crippen molar-refractivity contribution in [2.24, 2.45) is 11.8 Å². The molecule has 0 saturated carbocycles. The van der Waals surface area contributed by atoms with Crippen molar-refractivity contribution in [1.82, 2.24) is 5.32 Å². The third kappa shape index (κ3) is 1.49. The Morgan fingerprint density at radius 2 is 1.56 bits per heavy atom. The minimum Gasteiger partial charge on any atom is -0.482 e. The van der Waals surface area contributed by atoms with Gasteiger partial charge in [0.15, 0.2) is 0 Å². The number of fused-ring (bicyclic) bond motifs is 3. The van der Waals surface area contributed by atoms with Crippen molar-refractivity contribution in [2.75, 3.05) is 0 Å². The van der Waals surface area contributed by atoms with E-state index in [1.165, 1.54) is 0 Å². The van der Waals surface area contributed by atoms with Crippen molar-refractivity contribution in [1.29, 1.82) is 0 Å². The van der Waals surface area contributed by atoms with Gasteiger partial charge in [0.05, 0.1) is 11.7 Å². The van der Waals surface area contributed by atoms with Gasteiger partial charge in [-0.05, 0) is 18.2 Å². The largest absolute Gasteiger partial charge is 0.482 e. The number of morpholine rings is 1. The van der Waals surface area contributed by atoms with Crippen LogP contribution in [0.5, 0.6) is 0 Å². The minimum atomic E-state index is 0.123. The molecule has 0 amide bonds. The third-order valence-corrected chi connectivity index (χ3v) is 3.86. The predicted molar refractivity (Wildman–Crippen MR) is 71.5 cm³/mol. The fraction of sp³-hybridized carbons (Fsp3) is 0.250. The predicted octanol–water partition coefficient (Wildman–Crippen LogP) is 2.61. The van der Waals surface area contributed by atoms with Crippen LogP contribution in [0.1, 0.15) is 0 Å². The number of nitrogens with one attached hydrogen (secondary N) is 1. The molecule has 90 valence electrons. The standard InChI is InChI=1S/C16H15NO/c1-2-6-12-10-16-14(9-11(12)5-1)17-13-7-3-4-8-15(13)18-16/h1-13,15,17H. The summed E-state index contributed by atoms with van der Waals surface area (Å²) in [6, 6.07) is 0.262. The van der Waals surface area contributed by atoms with E-state index in [9.17, 15) is 0 Å². The summed E-state index contributed by atoms with van der Waals surface area (Å²) >= 11 is 0. The van der Waals surface area contributed by atoms with Crippen LogP contribution >= 0.6 is 0 Å². The Morgan fingerprint density at radius 3 is 2.44 bits per heavy atom. The molecule has 2 heteroatoms. The van der Waals surface area contributed by atoms with Crippen molar-refractivity contribution in [3.05, 3.63) is 72.2 Å². The van der Waals surface area contributed by atoms with Crippen LogP contribution in [-0.4, -0.2) is 12.1 Å². The molecule has 4 atom stereocenters. The second kappa shape index (κ2) is 3.77. The third-order valence-electron chi connectivity index (χ3n) is 3.86. The highest BCUT2D eigenvalue weighted by Crippen LogP contribution is 2.35. The molecule has 0 aromatic rings. The Kier molecular flexibility index (Phi) is 2.10. The molecule has 4 rings (SSSR count). The SMILES string of the molecule is C1=CC2C=C3NC4C=CC=CC4OC3=CC2C=C1. The molecule has 1 saturated heterocycles. The van der Waals surface area contributed by atoms with Gasteiger partial charge in [-0.25, -0.2) is 0 Å². The van der Waals surface area contributed by atoms with Crippen LogP contribution < -0.4 is 5.32 Å². The zero-order chi connectivity index (χ0) is 11.9. The number of hydrogen-bond donors (Lipinski definition) is 1. The van der Waals surface area contributed by atoms with Gasteiger partial charge in [0.2, 0.25) is 0 Å². The van der Waals surface area contributed by atoms with Crippen molar-refractivity contribution in [3.8, 4) is 0 Å². The van der Waals surface area contributed by atoms with Gasteiger partial charge in [-0.2, -0.15) is 0 Å². The van der Waals surface area contributed by atoms with Gasteiger partial charge in [-0.15, -0.1) is 0 Å². The first kappa shape index (κ1) is 10.0. The summed E-state index contributed by atoms with van der Waals surface area (Å²) < 4.78 is 6.08. The summed E-state index contributed by atoms with van der Waals surface area (Å²) in [6.07, 6.45) is 21.7. The first-order valence-electron chi connectivity index (χ1n) is 6.47. The average molecular weight is 237 g/mol. The number of rotatable bonds is 0. The Balaban J connectivity index is 1.68. The van der Waals surface area contributed by atoms with Crippen LogP contribution in [0.15, 0.2) is 72.2 Å². The highest BCUT2D eigenvalue weighted by Gasteiger charge is 2.33. The first-order valence-corrected chi connectivity index (χ1v) is 6.47. The smallest absolute Gasteiger partial charge is 0.141 e. The number of ether oxygens (including phenoxy) is 1. The fourth-order valence-electron chi connectivity index (χ4n) is 2.89. The Labute approximate surface area is 107 Å². The van der Waals surface area contributed by atoms with Gasteiger partial charge in [0.25, 0.3) is 0 Å². The molecule has 0 aromatic carbocycles. The molecule has 1 N–H and O–H groups in total. The van der Waals surface area contributed by atoms with Crippen LogP contribution in [0.2, 0.25) is 0 Å². The monoisotopic (exact) mass is 237 g/mol. The Bertz CT molecular complexity index is 497. The van der Waals surface area contributed by atoms with E-state index in [0.717, 1.165) is 11.5 Å². The maximum absolute atomic E-state index is 6.08. The number of allylic oxidation sites excluding steroid dienone is 8. The van der Waals surface area contributed by atoms with Crippen LogP contribution in [0.4, 0.5) is 0 Å². The molecule has 4 aliphatic rings. The molecule has 0 bridgehead atoms. The molecule has 18 heavy (non-hydrogen) atoms. The lowest BCUT2D eigenvalue weighted by molar-refractivity contribution is 0.110. The molecule has 3 aliphatic carbocycles. The highest BCUT2D eigenvalue weighted by molar-refractivity contribution is 5.40. The summed E-state index contributed by atoms with van der Waals surface area (Å²) in [5.41, 5.74) is 1.14. The quantitative estimate of drug-likeness (QED) is 0.699. The molecule has 4 unspecified atom stereocenters. The molecule has 2 nitrogen and oxygen atoms in total. The second-order valence-electron chi connectivity index (χ2n) is 5.06. The van der Waals surface area contributed by atoms with Crippen LogP contribution in [-0.2, 0) is 4.74 Å². The van der Waals surface area contributed by atoms with E-state index in [1.807, 2.05) is 6.08 Å². The minimum absolute atomic E-state index is 0.123. The normalized spacial score (nSPS) is 38.7. The van der Waals surface area contributed by atoms with E-state index in [1.54, 1.807) is 0 Å². The number of hydrogen-bond acceptors (Lipinski definition) is 2. The second-order valence-corrected chi connectivity index (χ2v) is 5.06. The summed E-state index contributed by atoms with van der Waals surface area (Å²) in [5.74, 6) is 1.90. The van der Waals surface area contributed by atoms with Crippen molar-refractivity contribution in [2.45, 2.75) is 12.1 Å². The summed E-state index contributed by atoms with van der Waals surface area (Å²) in [4.78, 5) is 0. The van der Waals surface area contributed by atoms with Gasteiger partial charge < -0.3 is 10.1 Å². The first-order chi connectivity index (χ1) is 8.90.